The summed E-state index contributed by atoms with van der Waals surface area (Å²) in [5.41, 5.74) is 0. The van der Waals surface area contributed by atoms with Gasteiger partial charge in [0, 0.05) is 12.5 Å². The van der Waals surface area contributed by atoms with Gasteiger partial charge in [-0.15, -0.1) is 6.58 Å². The van der Waals surface area contributed by atoms with E-state index in [2.05, 4.69) is 37.9 Å². The SMILES string of the molecule is C=CCCCC(C)NCc1ccc(CC)o1. The summed E-state index contributed by atoms with van der Waals surface area (Å²) >= 11 is 0. The van der Waals surface area contributed by atoms with Crippen LogP contribution in [0.2, 0.25) is 0 Å². The van der Waals surface area contributed by atoms with Crippen molar-refractivity contribution >= 4 is 0 Å². The highest BCUT2D eigenvalue weighted by atomic mass is 16.3. The molecule has 2 heteroatoms. The Morgan fingerprint density at radius 3 is 2.81 bits per heavy atom. The maximum absolute atomic E-state index is 5.63. The molecular weight excluding hydrogens is 198 g/mol. The van der Waals surface area contributed by atoms with Gasteiger partial charge in [-0.2, -0.15) is 0 Å². The van der Waals surface area contributed by atoms with Crippen LogP contribution in [0.15, 0.2) is 29.2 Å². The summed E-state index contributed by atoms with van der Waals surface area (Å²) in [7, 11) is 0. The van der Waals surface area contributed by atoms with Crippen LogP contribution in [0, 0.1) is 0 Å². The Bertz CT molecular complexity index is 303. The zero-order chi connectivity index (χ0) is 11.8. The Kier molecular flexibility index (Phi) is 5.94. The molecule has 0 aromatic carbocycles. The van der Waals surface area contributed by atoms with E-state index in [1.165, 1.54) is 12.8 Å². The van der Waals surface area contributed by atoms with Crippen molar-refractivity contribution in [3.8, 4) is 0 Å². The largest absolute Gasteiger partial charge is 0.465 e. The van der Waals surface area contributed by atoms with Crippen molar-refractivity contribution in [2.24, 2.45) is 0 Å². The molecule has 90 valence electrons. The first-order valence-corrected chi connectivity index (χ1v) is 6.18. The van der Waals surface area contributed by atoms with E-state index >= 15 is 0 Å². The van der Waals surface area contributed by atoms with Gasteiger partial charge in [0.2, 0.25) is 0 Å². The van der Waals surface area contributed by atoms with Gasteiger partial charge < -0.3 is 9.73 Å². The van der Waals surface area contributed by atoms with E-state index in [1.54, 1.807) is 0 Å². The Morgan fingerprint density at radius 2 is 2.19 bits per heavy atom. The molecule has 0 aliphatic heterocycles. The molecule has 1 aromatic heterocycles. The van der Waals surface area contributed by atoms with E-state index < -0.39 is 0 Å². The number of allylic oxidation sites excluding steroid dienone is 1. The fourth-order valence-corrected chi connectivity index (χ4v) is 1.65. The Hall–Kier alpha value is -1.02. The van der Waals surface area contributed by atoms with Crippen molar-refractivity contribution in [3.63, 3.8) is 0 Å². The molecule has 16 heavy (non-hydrogen) atoms. The summed E-state index contributed by atoms with van der Waals surface area (Å²) in [5.74, 6) is 2.10. The third-order valence-corrected chi connectivity index (χ3v) is 2.74. The van der Waals surface area contributed by atoms with Gasteiger partial charge in [-0.3, -0.25) is 0 Å². The standard InChI is InChI=1S/C14H23NO/c1-4-6-7-8-12(3)15-11-14-10-9-13(5-2)16-14/h4,9-10,12,15H,1,5-8,11H2,2-3H3. The molecule has 1 unspecified atom stereocenters. The molecular formula is C14H23NO. The number of hydrogen-bond acceptors (Lipinski definition) is 2. The van der Waals surface area contributed by atoms with Gasteiger partial charge in [-0.1, -0.05) is 13.0 Å². The zero-order valence-corrected chi connectivity index (χ0v) is 10.5. The van der Waals surface area contributed by atoms with Crippen LogP contribution in [0.25, 0.3) is 0 Å². The summed E-state index contributed by atoms with van der Waals surface area (Å²) in [6, 6.07) is 4.65. The van der Waals surface area contributed by atoms with Crippen molar-refractivity contribution in [1.82, 2.24) is 5.32 Å². The minimum atomic E-state index is 0.537. The van der Waals surface area contributed by atoms with Crippen molar-refractivity contribution in [2.75, 3.05) is 0 Å². The average Bonchev–Trinajstić information content (AvgIpc) is 2.74. The molecule has 0 aliphatic rings. The van der Waals surface area contributed by atoms with Gasteiger partial charge in [-0.25, -0.2) is 0 Å². The van der Waals surface area contributed by atoms with E-state index in [0.717, 1.165) is 30.9 Å². The summed E-state index contributed by atoms with van der Waals surface area (Å²) < 4.78 is 5.63. The van der Waals surface area contributed by atoms with E-state index in [-0.39, 0.29) is 0 Å². The van der Waals surface area contributed by atoms with Gasteiger partial charge >= 0.3 is 0 Å². The second-order valence-corrected chi connectivity index (χ2v) is 4.22. The second kappa shape index (κ2) is 7.29. The number of aryl methyl sites for hydroxylation is 1. The highest BCUT2D eigenvalue weighted by Crippen LogP contribution is 2.09. The molecule has 0 radical (unpaired) electrons. The molecule has 0 saturated carbocycles. The Morgan fingerprint density at radius 1 is 1.44 bits per heavy atom. The Labute approximate surface area is 98.7 Å². The molecule has 0 bridgehead atoms. The molecule has 0 saturated heterocycles. The highest BCUT2D eigenvalue weighted by molar-refractivity contribution is 5.06. The first kappa shape index (κ1) is 13.0. The zero-order valence-electron chi connectivity index (χ0n) is 10.5. The summed E-state index contributed by atoms with van der Waals surface area (Å²) in [6.45, 7) is 8.88. The molecule has 1 N–H and O–H groups in total. The maximum atomic E-state index is 5.63. The summed E-state index contributed by atoms with van der Waals surface area (Å²) in [4.78, 5) is 0. The van der Waals surface area contributed by atoms with Crippen LogP contribution in [0.3, 0.4) is 0 Å². The van der Waals surface area contributed by atoms with E-state index in [1.807, 2.05) is 6.08 Å². The third-order valence-electron chi connectivity index (χ3n) is 2.74. The highest BCUT2D eigenvalue weighted by Gasteiger charge is 2.03. The lowest BCUT2D eigenvalue weighted by atomic mass is 10.1. The molecule has 1 rings (SSSR count). The van der Waals surface area contributed by atoms with Crippen LogP contribution in [0.5, 0.6) is 0 Å². The predicted molar refractivity (Wildman–Crippen MR) is 68.4 cm³/mol. The quantitative estimate of drug-likeness (QED) is 0.535. The van der Waals surface area contributed by atoms with Crippen molar-refractivity contribution in [1.29, 1.82) is 0 Å². The van der Waals surface area contributed by atoms with Gasteiger partial charge in [0.15, 0.2) is 0 Å². The Balaban J connectivity index is 2.20. The molecule has 0 amide bonds. The normalized spacial score (nSPS) is 12.6. The topological polar surface area (TPSA) is 25.2 Å². The minimum Gasteiger partial charge on any atom is -0.465 e. The molecule has 0 fully saturated rings. The summed E-state index contributed by atoms with van der Waals surface area (Å²) in [6.07, 6.45) is 6.44. The van der Waals surface area contributed by atoms with Gasteiger partial charge in [0.1, 0.15) is 11.5 Å². The first-order valence-electron chi connectivity index (χ1n) is 6.18. The van der Waals surface area contributed by atoms with Gasteiger partial charge in [-0.05, 0) is 38.3 Å². The number of nitrogens with one attached hydrogen (secondary N) is 1. The van der Waals surface area contributed by atoms with Gasteiger partial charge in [0.25, 0.3) is 0 Å². The number of furan rings is 1. The van der Waals surface area contributed by atoms with E-state index in [4.69, 9.17) is 4.42 Å². The van der Waals surface area contributed by atoms with Crippen LogP contribution in [-0.2, 0) is 13.0 Å². The smallest absolute Gasteiger partial charge is 0.117 e. The molecule has 2 nitrogen and oxygen atoms in total. The number of unbranched alkanes of at least 4 members (excludes halogenated alkanes) is 1. The lowest BCUT2D eigenvalue weighted by Crippen LogP contribution is -2.25. The monoisotopic (exact) mass is 221 g/mol. The first-order chi connectivity index (χ1) is 7.76. The second-order valence-electron chi connectivity index (χ2n) is 4.22. The van der Waals surface area contributed by atoms with E-state index in [9.17, 15) is 0 Å². The average molecular weight is 221 g/mol. The number of hydrogen-bond donors (Lipinski definition) is 1. The van der Waals surface area contributed by atoms with Crippen molar-refractivity contribution < 1.29 is 4.42 Å². The van der Waals surface area contributed by atoms with Crippen LogP contribution < -0.4 is 5.32 Å². The van der Waals surface area contributed by atoms with Crippen molar-refractivity contribution in [3.05, 3.63) is 36.3 Å². The maximum Gasteiger partial charge on any atom is 0.117 e. The van der Waals surface area contributed by atoms with Crippen molar-refractivity contribution in [2.45, 2.75) is 52.1 Å². The van der Waals surface area contributed by atoms with Crippen LogP contribution in [0.4, 0.5) is 0 Å². The van der Waals surface area contributed by atoms with Gasteiger partial charge in [0.05, 0.1) is 6.54 Å². The molecule has 0 spiro atoms. The number of rotatable bonds is 8. The summed E-state index contributed by atoms with van der Waals surface area (Å²) in [5, 5.41) is 3.47. The minimum absolute atomic E-state index is 0.537. The third kappa shape index (κ3) is 4.67. The fraction of sp³-hybridized carbons (Fsp3) is 0.571. The molecule has 1 aromatic rings. The molecule has 0 aliphatic carbocycles. The van der Waals surface area contributed by atoms with Crippen LogP contribution >= 0.6 is 0 Å². The lowest BCUT2D eigenvalue weighted by Gasteiger charge is -2.11. The van der Waals surface area contributed by atoms with E-state index in [0.29, 0.717) is 6.04 Å². The molecule has 1 atom stereocenters. The van der Waals surface area contributed by atoms with Crippen LogP contribution in [-0.4, -0.2) is 6.04 Å². The fourth-order valence-electron chi connectivity index (χ4n) is 1.65. The van der Waals surface area contributed by atoms with Crippen LogP contribution in [0.1, 0.15) is 44.6 Å². The molecule has 1 heterocycles. The predicted octanol–water partition coefficient (Wildman–Crippen LogP) is 3.68. The lowest BCUT2D eigenvalue weighted by molar-refractivity contribution is 0.421.